The second kappa shape index (κ2) is 9.48. The second-order valence-electron chi connectivity index (χ2n) is 5.19. The average Bonchev–Trinajstić information content (AvgIpc) is 3.12. The maximum Gasteiger partial charge on any atom is 0.316 e. The van der Waals surface area contributed by atoms with E-state index in [9.17, 15) is 9.59 Å². The van der Waals surface area contributed by atoms with Crippen LogP contribution in [-0.4, -0.2) is 53.7 Å². The molecule has 0 bridgehead atoms. The van der Waals surface area contributed by atoms with Gasteiger partial charge < -0.3 is 19.7 Å². The number of anilines is 1. The van der Waals surface area contributed by atoms with Crippen LogP contribution in [0.1, 0.15) is 12.8 Å². The van der Waals surface area contributed by atoms with Gasteiger partial charge >= 0.3 is 5.97 Å². The normalized spacial score (nSPS) is 13.5. The summed E-state index contributed by atoms with van der Waals surface area (Å²) in [6, 6.07) is 6.95. The van der Waals surface area contributed by atoms with E-state index in [4.69, 9.17) is 21.7 Å². The molecule has 1 saturated heterocycles. The molecule has 1 fully saturated rings. The summed E-state index contributed by atoms with van der Waals surface area (Å²) < 4.78 is 10.8. The molecule has 6 nitrogen and oxygen atoms in total. The minimum absolute atomic E-state index is 0.113. The van der Waals surface area contributed by atoms with Crippen LogP contribution in [0.3, 0.4) is 0 Å². The molecule has 1 aromatic rings. The van der Waals surface area contributed by atoms with E-state index in [1.807, 2.05) is 0 Å². The molecule has 0 aromatic heterocycles. The molecule has 1 aliphatic heterocycles. The second-order valence-corrected chi connectivity index (χ2v) is 6.80. The van der Waals surface area contributed by atoms with E-state index in [0.717, 1.165) is 25.9 Å². The fourth-order valence-electron chi connectivity index (χ4n) is 2.20. The topological polar surface area (TPSA) is 67.9 Å². The summed E-state index contributed by atoms with van der Waals surface area (Å²) in [6.07, 6.45) is 2.27. The number of ether oxygens (including phenoxy) is 2. The molecule has 0 spiro atoms. The van der Waals surface area contributed by atoms with E-state index in [1.54, 1.807) is 31.4 Å². The Morgan fingerprint density at radius 1 is 1.33 bits per heavy atom. The molecule has 1 aromatic carbocycles. The zero-order valence-corrected chi connectivity index (χ0v) is 15.1. The molecule has 0 saturated carbocycles. The molecule has 0 aliphatic carbocycles. The van der Waals surface area contributed by atoms with E-state index in [-0.39, 0.29) is 12.4 Å². The van der Waals surface area contributed by atoms with Gasteiger partial charge in [-0.2, -0.15) is 0 Å². The van der Waals surface area contributed by atoms with Crippen molar-refractivity contribution in [3.05, 3.63) is 24.3 Å². The van der Waals surface area contributed by atoms with Gasteiger partial charge in [-0.15, -0.1) is 0 Å². The summed E-state index contributed by atoms with van der Waals surface area (Å²) in [4.78, 5) is 25.6. The number of amides is 1. The van der Waals surface area contributed by atoms with Crippen molar-refractivity contribution in [3.8, 4) is 5.75 Å². The van der Waals surface area contributed by atoms with Crippen molar-refractivity contribution in [2.75, 3.05) is 37.9 Å². The fourth-order valence-corrected chi connectivity index (χ4v) is 3.25. The number of nitrogens with zero attached hydrogens (tertiary/aromatic N) is 1. The first-order valence-electron chi connectivity index (χ1n) is 7.59. The maximum absolute atomic E-state index is 11.8. The number of benzene rings is 1. The van der Waals surface area contributed by atoms with Gasteiger partial charge in [0, 0.05) is 24.8 Å². The standard InChI is InChI=1S/C16H20N2O4S2/c1-21-13-6-4-5-12(9-13)17-14(19)10-22-15(20)11-24-16(23)18-7-2-3-8-18/h4-6,9H,2-3,7-8,10-11H2,1H3,(H,17,19). The summed E-state index contributed by atoms with van der Waals surface area (Å²) in [5.74, 6) is -0.107. The van der Waals surface area contributed by atoms with Gasteiger partial charge in [0.15, 0.2) is 6.61 Å². The first-order chi connectivity index (χ1) is 11.6. The zero-order valence-electron chi connectivity index (χ0n) is 13.4. The Balaban J connectivity index is 1.67. The summed E-state index contributed by atoms with van der Waals surface area (Å²) in [7, 11) is 1.55. The largest absolute Gasteiger partial charge is 0.497 e. The van der Waals surface area contributed by atoms with E-state index in [0.29, 0.717) is 15.8 Å². The predicted octanol–water partition coefficient (Wildman–Crippen LogP) is 2.29. The van der Waals surface area contributed by atoms with Crippen molar-refractivity contribution in [3.63, 3.8) is 0 Å². The quantitative estimate of drug-likeness (QED) is 0.610. The molecule has 0 radical (unpaired) electrons. The van der Waals surface area contributed by atoms with E-state index in [2.05, 4.69) is 10.2 Å². The third-order valence-corrected chi connectivity index (χ3v) is 4.89. The molecule has 1 amide bonds. The summed E-state index contributed by atoms with van der Waals surface area (Å²) in [5.41, 5.74) is 0.583. The van der Waals surface area contributed by atoms with Crippen LogP contribution >= 0.6 is 24.0 Å². The highest BCUT2D eigenvalue weighted by atomic mass is 32.2. The van der Waals surface area contributed by atoms with Gasteiger partial charge in [0.2, 0.25) is 0 Å². The van der Waals surface area contributed by atoms with Gasteiger partial charge in [-0.25, -0.2) is 0 Å². The van der Waals surface area contributed by atoms with Gasteiger partial charge in [0.05, 0.1) is 12.9 Å². The molecule has 0 unspecified atom stereocenters. The predicted molar refractivity (Wildman–Crippen MR) is 98.4 cm³/mol. The van der Waals surface area contributed by atoms with Crippen molar-refractivity contribution in [1.82, 2.24) is 4.90 Å². The van der Waals surface area contributed by atoms with Crippen LogP contribution in [0, 0.1) is 0 Å². The first kappa shape index (κ1) is 18.5. The Morgan fingerprint density at radius 2 is 2.08 bits per heavy atom. The number of methoxy groups -OCH3 is 1. The van der Waals surface area contributed by atoms with Gasteiger partial charge in [-0.1, -0.05) is 30.0 Å². The van der Waals surface area contributed by atoms with Crippen molar-refractivity contribution >= 4 is 45.9 Å². The Labute approximate surface area is 150 Å². The number of esters is 1. The lowest BCUT2D eigenvalue weighted by Gasteiger charge is -2.17. The van der Waals surface area contributed by atoms with Crippen LogP contribution in [0.5, 0.6) is 5.75 Å². The van der Waals surface area contributed by atoms with Gasteiger partial charge in [-0.3, -0.25) is 9.59 Å². The van der Waals surface area contributed by atoms with Crippen LogP contribution in [0.4, 0.5) is 5.69 Å². The number of rotatable bonds is 6. The van der Waals surface area contributed by atoms with Crippen LogP contribution in [0.25, 0.3) is 0 Å². The molecule has 1 aliphatic rings. The highest BCUT2D eigenvalue weighted by molar-refractivity contribution is 8.23. The van der Waals surface area contributed by atoms with Crippen LogP contribution in [-0.2, 0) is 14.3 Å². The number of hydrogen-bond acceptors (Lipinski definition) is 6. The van der Waals surface area contributed by atoms with Crippen molar-refractivity contribution in [1.29, 1.82) is 0 Å². The third kappa shape index (κ3) is 6.01. The average molecular weight is 368 g/mol. The molecule has 2 rings (SSSR count). The fraction of sp³-hybridized carbons (Fsp3) is 0.438. The molecular weight excluding hydrogens is 348 g/mol. The van der Waals surface area contributed by atoms with Gasteiger partial charge in [0.25, 0.3) is 5.91 Å². The minimum Gasteiger partial charge on any atom is -0.497 e. The number of thiocarbonyl (C=S) groups is 1. The summed E-state index contributed by atoms with van der Waals surface area (Å²) >= 11 is 6.55. The monoisotopic (exact) mass is 368 g/mol. The molecule has 130 valence electrons. The number of hydrogen-bond donors (Lipinski definition) is 1. The maximum atomic E-state index is 11.8. The Kier molecular flexibility index (Phi) is 7.33. The lowest BCUT2D eigenvalue weighted by atomic mass is 10.3. The van der Waals surface area contributed by atoms with Crippen molar-refractivity contribution in [2.24, 2.45) is 0 Å². The molecule has 1 heterocycles. The number of carbonyl (C=O) groups excluding carboxylic acids is 2. The van der Waals surface area contributed by atoms with Crippen LogP contribution in [0.15, 0.2) is 24.3 Å². The van der Waals surface area contributed by atoms with Crippen LogP contribution < -0.4 is 10.1 Å². The zero-order chi connectivity index (χ0) is 17.4. The van der Waals surface area contributed by atoms with E-state index >= 15 is 0 Å². The Bertz CT molecular complexity index is 603. The molecular formula is C16H20N2O4S2. The number of likely N-dealkylation sites (tertiary alicyclic amines) is 1. The Hall–Kier alpha value is -1.80. The minimum atomic E-state index is -0.456. The first-order valence-corrected chi connectivity index (χ1v) is 8.99. The lowest BCUT2D eigenvalue weighted by molar-refractivity contribution is -0.144. The van der Waals surface area contributed by atoms with Crippen molar-refractivity contribution < 1.29 is 19.1 Å². The SMILES string of the molecule is COc1cccc(NC(=O)COC(=O)CSC(=S)N2CCCC2)c1. The molecule has 1 N–H and O–H groups in total. The van der Waals surface area contributed by atoms with Gasteiger partial charge in [-0.05, 0) is 25.0 Å². The highest BCUT2D eigenvalue weighted by Crippen LogP contribution is 2.17. The van der Waals surface area contributed by atoms with E-state index < -0.39 is 11.9 Å². The number of nitrogens with one attached hydrogen (secondary N) is 1. The number of carbonyl (C=O) groups is 2. The molecule has 24 heavy (non-hydrogen) atoms. The van der Waals surface area contributed by atoms with Crippen LogP contribution in [0.2, 0.25) is 0 Å². The molecule has 8 heteroatoms. The third-order valence-electron chi connectivity index (χ3n) is 3.40. The van der Waals surface area contributed by atoms with E-state index in [1.165, 1.54) is 11.8 Å². The lowest BCUT2D eigenvalue weighted by Crippen LogP contribution is -2.25. The smallest absolute Gasteiger partial charge is 0.316 e. The summed E-state index contributed by atoms with van der Waals surface area (Å²) in [5, 5.41) is 2.64. The number of thioether (sulfide) groups is 1. The Morgan fingerprint density at radius 3 is 2.79 bits per heavy atom. The molecule has 0 atom stereocenters. The van der Waals surface area contributed by atoms with Gasteiger partial charge in [0.1, 0.15) is 10.1 Å². The summed E-state index contributed by atoms with van der Waals surface area (Å²) in [6.45, 7) is 1.57. The van der Waals surface area contributed by atoms with Crippen molar-refractivity contribution in [2.45, 2.75) is 12.8 Å². The highest BCUT2D eigenvalue weighted by Gasteiger charge is 2.17.